The fourth-order valence-electron chi connectivity index (χ4n) is 4.61. The molecule has 1 unspecified atom stereocenters. The van der Waals surface area contributed by atoms with Gasteiger partial charge in [0.1, 0.15) is 0 Å². The van der Waals surface area contributed by atoms with Crippen molar-refractivity contribution < 1.29 is 0 Å². The van der Waals surface area contributed by atoms with Crippen LogP contribution in [0.4, 0.5) is 0 Å². The molecule has 1 atom stereocenters. The van der Waals surface area contributed by atoms with Crippen molar-refractivity contribution in [3.8, 4) is 0 Å². The Labute approximate surface area is 198 Å². The third-order valence-corrected chi connectivity index (χ3v) is 6.92. The van der Waals surface area contributed by atoms with E-state index in [1.807, 2.05) is 0 Å². The minimum atomic E-state index is 0.709. The van der Waals surface area contributed by atoms with Crippen molar-refractivity contribution in [3.63, 3.8) is 0 Å². The van der Waals surface area contributed by atoms with Gasteiger partial charge >= 0.3 is 0 Å². The molecule has 0 saturated heterocycles. The molecular weight excluding hydrogens is 374 g/mol. The molecule has 0 aliphatic heterocycles. The number of hydrogen-bond donors (Lipinski definition) is 0. The Bertz CT molecular complexity index is 359. The molecule has 0 N–H and O–H groups in total. The first-order chi connectivity index (χ1) is 15.3. The summed E-state index contributed by atoms with van der Waals surface area (Å²) in [7, 11) is 0. The summed E-state index contributed by atoms with van der Waals surface area (Å²) in [6.07, 6.45) is 32.1. The van der Waals surface area contributed by atoms with E-state index in [1.165, 1.54) is 148 Å². The standard InChI is InChI=1S/C30H61N/c1-5-8-11-14-16-17-18-19-21-24-27-30(29(4)26-23-20-13-10-7-3)31-28-25-22-15-12-9-6-2/h29H,5-28H2,1-4H3/b31-30-. The van der Waals surface area contributed by atoms with Crippen molar-refractivity contribution in [2.45, 2.75) is 175 Å². The average molecular weight is 436 g/mol. The Kier molecular flexibility index (Phi) is 25.7. The Balaban J connectivity index is 4.08. The molecule has 0 aromatic heterocycles. The van der Waals surface area contributed by atoms with Crippen molar-refractivity contribution in [2.75, 3.05) is 6.54 Å². The van der Waals surface area contributed by atoms with E-state index in [2.05, 4.69) is 27.7 Å². The zero-order chi connectivity index (χ0) is 22.8. The number of nitrogens with zero attached hydrogens (tertiary/aromatic N) is 1. The molecule has 0 rings (SSSR count). The minimum absolute atomic E-state index is 0.709. The maximum atomic E-state index is 5.15. The third kappa shape index (κ3) is 22.6. The molecule has 0 radical (unpaired) electrons. The summed E-state index contributed by atoms with van der Waals surface area (Å²) in [5.74, 6) is 0.709. The predicted molar refractivity (Wildman–Crippen MR) is 145 cm³/mol. The highest BCUT2D eigenvalue weighted by atomic mass is 14.7. The highest BCUT2D eigenvalue weighted by molar-refractivity contribution is 5.86. The zero-order valence-corrected chi connectivity index (χ0v) is 22.5. The van der Waals surface area contributed by atoms with Gasteiger partial charge < -0.3 is 0 Å². The maximum Gasteiger partial charge on any atom is 0.0388 e. The van der Waals surface area contributed by atoms with Crippen LogP contribution in [-0.2, 0) is 0 Å². The van der Waals surface area contributed by atoms with E-state index in [-0.39, 0.29) is 0 Å². The molecule has 0 aromatic rings. The normalized spacial score (nSPS) is 13.1. The van der Waals surface area contributed by atoms with E-state index < -0.39 is 0 Å². The second-order valence-electron chi connectivity index (χ2n) is 10.2. The van der Waals surface area contributed by atoms with Crippen molar-refractivity contribution >= 4 is 5.71 Å². The van der Waals surface area contributed by atoms with Gasteiger partial charge in [0, 0.05) is 12.3 Å². The van der Waals surface area contributed by atoms with Crippen LogP contribution in [0.1, 0.15) is 175 Å². The largest absolute Gasteiger partial charge is 0.294 e. The molecule has 0 bridgehead atoms. The highest BCUT2D eigenvalue weighted by Crippen LogP contribution is 2.18. The van der Waals surface area contributed by atoms with Gasteiger partial charge in [-0.25, -0.2) is 0 Å². The van der Waals surface area contributed by atoms with Crippen LogP contribution in [0, 0.1) is 5.92 Å². The van der Waals surface area contributed by atoms with Gasteiger partial charge in [-0.15, -0.1) is 0 Å². The topological polar surface area (TPSA) is 12.4 Å². The second-order valence-corrected chi connectivity index (χ2v) is 10.2. The second kappa shape index (κ2) is 25.9. The lowest BCUT2D eigenvalue weighted by molar-refractivity contribution is 0.546. The summed E-state index contributed by atoms with van der Waals surface area (Å²) in [5.41, 5.74) is 1.56. The van der Waals surface area contributed by atoms with Gasteiger partial charge in [0.05, 0.1) is 0 Å². The molecule has 0 saturated carbocycles. The number of aliphatic imine (C=N–C) groups is 1. The van der Waals surface area contributed by atoms with Gasteiger partial charge in [-0.05, 0) is 31.6 Å². The van der Waals surface area contributed by atoms with Crippen LogP contribution in [0.25, 0.3) is 0 Å². The molecular formula is C30H61N. The van der Waals surface area contributed by atoms with Crippen LogP contribution in [0.3, 0.4) is 0 Å². The van der Waals surface area contributed by atoms with Crippen LogP contribution in [0.2, 0.25) is 0 Å². The minimum Gasteiger partial charge on any atom is -0.294 e. The molecule has 0 amide bonds. The van der Waals surface area contributed by atoms with E-state index >= 15 is 0 Å². The molecule has 0 aliphatic rings. The van der Waals surface area contributed by atoms with E-state index in [0.29, 0.717) is 5.92 Å². The van der Waals surface area contributed by atoms with Crippen LogP contribution in [0.15, 0.2) is 4.99 Å². The summed E-state index contributed by atoms with van der Waals surface area (Å²) in [6.45, 7) is 10.4. The predicted octanol–water partition coefficient (Wildman–Crippen LogP) is 11.1. The van der Waals surface area contributed by atoms with Gasteiger partial charge in [-0.2, -0.15) is 0 Å². The molecule has 0 fully saturated rings. The van der Waals surface area contributed by atoms with Gasteiger partial charge in [0.25, 0.3) is 0 Å². The first-order valence-corrected chi connectivity index (χ1v) is 14.8. The molecule has 1 heteroatoms. The van der Waals surface area contributed by atoms with Crippen molar-refractivity contribution in [1.29, 1.82) is 0 Å². The number of unbranched alkanes of at least 4 members (excludes halogenated alkanes) is 18. The summed E-state index contributed by atoms with van der Waals surface area (Å²) in [6, 6.07) is 0. The lowest BCUT2D eigenvalue weighted by Gasteiger charge is -2.16. The molecule has 0 heterocycles. The van der Waals surface area contributed by atoms with Gasteiger partial charge in [0.2, 0.25) is 0 Å². The number of rotatable bonds is 25. The molecule has 0 aliphatic carbocycles. The van der Waals surface area contributed by atoms with E-state index in [0.717, 1.165) is 6.54 Å². The van der Waals surface area contributed by atoms with Crippen LogP contribution in [-0.4, -0.2) is 12.3 Å². The first-order valence-electron chi connectivity index (χ1n) is 14.8. The average Bonchev–Trinajstić information content (AvgIpc) is 2.78. The lowest BCUT2D eigenvalue weighted by Crippen LogP contribution is -2.12. The first kappa shape index (κ1) is 30.7. The van der Waals surface area contributed by atoms with Crippen molar-refractivity contribution in [3.05, 3.63) is 0 Å². The van der Waals surface area contributed by atoms with Crippen molar-refractivity contribution in [1.82, 2.24) is 0 Å². The SMILES string of the molecule is CCCCCCCCCCCC/C(=N/CCCCCCCC)C(C)CCCCCCC. The van der Waals surface area contributed by atoms with E-state index in [1.54, 1.807) is 5.71 Å². The van der Waals surface area contributed by atoms with Crippen LogP contribution >= 0.6 is 0 Å². The summed E-state index contributed by atoms with van der Waals surface area (Å²) < 4.78 is 0. The molecule has 186 valence electrons. The van der Waals surface area contributed by atoms with E-state index in [9.17, 15) is 0 Å². The Morgan fingerprint density at radius 1 is 0.484 bits per heavy atom. The van der Waals surface area contributed by atoms with Gasteiger partial charge in [-0.1, -0.05) is 150 Å². The number of hydrogen-bond acceptors (Lipinski definition) is 1. The lowest BCUT2D eigenvalue weighted by atomic mass is 9.93. The van der Waals surface area contributed by atoms with Gasteiger partial charge in [0.15, 0.2) is 0 Å². The fraction of sp³-hybridized carbons (Fsp3) is 0.967. The molecule has 0 aromatic carbocycles. The smallest absolute Gasteiger partial charge is 0.0388 e. The molecule has 1 nitrogen and oxygen atoms in total. The fourth-order valence-corrected chi connectivity index (χ4v) is 4.61. The van der Waals surface area contributed by atoms with Gasteiger partial charge in [-0.3, -0.25) is 4.99 Å². The maximum absolute atomic E-state index is 5.15. The summed E-state index contributed by atoms with van der Waals surface area (Å²) in [5, 5.41) is 0. The van der Waals surface area contributed by atoms with Crippen LogP contribution < -0.4 is 0 Å². The third-order valence-electron chi connectivity index (χ3n) is 6.92. The summed E-state index contributed by atoms with van der Waals surface area (Å²) >= 11 is 0. The van der Waals surface area contributed by atoms with Crippen LogP contribution in [0.5, 0.6) is 0 Å². The Morgan fingerprint density at radius 2 is 0.871 bits per heavy atom. The zero-order valence-electron chi connectivity index (χ0n) is 22.5. The van der Waals surface area contributed by atoms with E-state index in [4.69, 9.17) is 4.99 Å². The quantitative estimate of drug-likeness (QED) is 0.0998. The summed E-state index contributed by atoms with van der Waals surface area (Å²) in [4.78, 5) is 5.15. The Hall–Kier alpha value is -0.330. The van der Waals surface area contributed by atoms with Crippen molar-refractivity contribution in [2.24, 2.45) is 10.9 Å². The monoisotopic (exact) mass is 435 g/mol. The molecule has 31 heavy (non-hydrogen) atoms. The Morgan fingerprint density at radius 3 is 1.35 bits per heavy atom. The molecule has 0 spiro atoms. The highest BCUT2D eigenvalue weighted by Gasteiger charge is 2.10.